The van der Waals surface area contributed by atoms with Gasteiger partial charge in [-0.15, -0.1) is 0 Å². The smallest absolute Gasteiger partial charge is 0.187 e. The molecule has 3 aliphatic heterocycles. The van der Waals surface area contributed by atoms with Gasteiger partial charge in [-0.1, -0.05) is 0 Å². The Labute approximate surface area is 189 Å². The minimum atomic E-state index is -1.68. The van der Waals surface area contributed by atoms with Crippen LogP contribution in [0.3, 0.4) is 0 Å². The van der Waals surface area contributed by atoms with Gasteiger partial charge in [0.1, 0.15) is 54.9 Å². The Balaban J connectivity index is 1.64. The summed E-state index contributed by atoms with van der Waals surface area (Å²) in [4.78, 5) is 0. The summed E-state index contributed by atoms with van der Waals surface area (Å²) in [7, 11) is 1.42. The number of aliphatic hydroxyl groups is 8. The Bertz CT molecular complexity index is 609. The second kappa shape index (κ2) is 11.5. The van der Waals surface area contributed by atoms with E-state index in [0.717, 1.165) is 0 Å². The maximum absolute atomic E-state index is 10.4. The molecular formula is C19H34O14. The lowest BCUT2D eigenvalue weighted by molar-refractivity contribution is -0.351. The summed E-state index contributed by atoms with van der Waals surface area (Å²) in [5.74, 6) is 0. The quantitative estimate of drug-likeness (QED) is 0.169. The maximum Gasteiger partial charge on any atom is 0.187 e. The van der Waals surface area contributed by atoms with Gasteiger partial charge in [-0.3, -0.25) is 0 Å². The number of ether oxygens (including phenoxy) is 6. The van der Waals surface area contributed by atoms with E-state index in [4.69, 9.17) is 28.4 Å². The van der Waals surface area contributed by atoms with Crippen LogP contribution in [0.15, 0.2) is 0 Å². The molecule has 3 rings (SSSR count). The second-order valence-electron chi connectivity index (χ2n) is 8.45. The minimum Gasteiger partial charge on any atom is -0.394 e. The first kappa shape index (κ1) is 27.0. The molecule has 0 aromatic heterocycles. The van der Waals surface area contributed by atoms with Crippen LogP contribution in [0, 0.1) is 0 Å². The molecule has 0 radical (unpaired) electrons. The molecule has 14 heteroatoms. The molecule has 8 N–H and O–H groups in total. The van der Waals surface area contributed by atoms with E-state index in [-0.39, 0.29) is 6.42 Å². The van der Waals surface area contributed by atoms with Crippen LogP contribution in [0.5, 0.6) is 0 Å². The molecule has 3 fully saturated rings. The molecule has 0 saturated carbocycles. The van der Waals surface area contributed by atoms with Gasteiger partial charge in [0.15, 0.2) is 18.9 Å². The zero-order valence-electron chi connectivity index (χ0n) is 18.2. The van der Waals surface area contributed by atoms with Gasteiger partial charge in [0.25, 0.3) is 0 Å². The normalized spacial score (nSPS) is 51.5. The van der Waals surface area contributed by atoms with E-state index < -0.39 is 99.2 Å². The van der Waals surface area contributed by atoms with Crippen LogP contribution in [-0.2, 0) is 28.4 Å². The van der Waals surface area contributed by atoms with Crippen LogP contribution in [-0.4, -0.2) is 147 Å². The van der Waals surface area contributed by atoms with Crippen molar-refractivity contribution in [3.8, 4) is 0 Å². The van der Waals surface area contributed by atoms with Crippen molar-refractivity contribution >= 4 is 0 Å². The highest BCUT2D eigenvalue weighted by molar-refractivity contribution is 4.93. The standard InChI is InChI=1S/C19H34O14/c1-6-17(7(28-2)3-10(21)30-6)33-19-16(27)14(25)12(23)9(32-19)5-29-18-15(26)13(24)11(22)8(4-20)31-18/h6-27H,3-5H2,1-2H3/t6-,7-,8+,9+,10?,11+,12+,13-,14-,15+,16+,17-,18+,19-/m0/s1. The number of hydrogen-bond donors (Lipinski definition) is 8. The molecule has 0 amide bonds. The van der Waals surface area contributed by atoms with Crippen LogP contribution in [0.4, 0.5) is 0 Å². The molecular weight excluding hydrogens is 452 g/mol. The number of aliphatic hydroxyl groups excluding tert-OH is 8. The zero-order valence-corrected chi connectivity index (χ0v) is 18.2. The molecule has 0 aromatic rings. The van der Waals surface area contributed by atoms with Crippen molar-refractivity contribution in [1.82, 2.24) is 0 Å². The van der Waals surface area contributed by atoms with Gasteiger partial charge >= 0.3 is 0 Å². The van der Waals surface area contributed by atoms with E-state index in [1.165, 1.54) is 7.11 Å². The third-order valence-corrected chi connectivity index (χ3v) is 6.17. The molecule has 3 heterocycles. The van der Waals surface area contributed by atoms with Crippen molar-refractivity contribution < 1.29 is 69.3 Å². The van der Waals surface area contributed by atoms with Gasteiger partial charge < -0.3 is 69.3 Å². The van der Waals surface area contributed by atoms with Crippen LogP contribution >= 0.6 is 0 Å². The van der Waals surface area contributed by atoms with Crippen molar-refractivity contribution in [3.05, 3.63) is 0 Å². The van der Waals surface area contributed by atoms with Gasteiger partial charge in [-0.2, -0.15) is 0 Å². The lowest BCUT2D eigenvalue weighted by Crippen LogP contribution is -2.63. The molecule has 14 atom stereocenters. The molecule has 33 heavy (non-hydrogen) atoms. The van der Waals surface area contributed by atoms with Gasteiger partial charge in [-0.25, -0.2) is 0 Å². The summed E-state index contributed by atoms with van der Waals surface area (Å²) in [6.07, 6.45) is -18.2. The van der Waals surface area contributed by atoms with Gasteiger partial charge in [0.2, 0.25) is 0 Å². The number of rotatable bonds is 7. The first-order valence-corrected chi connectivity index (χ1v) is 10.7. The van der Waals surface area contributed by atoms with E-state index in [1.54, 1.807) is 6.92 Å². The highest BCUT2D eigenvalue weighted by Crippen LogP contribution is 2.30. The van der Waals surface area contributed by atoms with E-state index in [0.29, 0.717) is 0 Å². The van der Waals surface area contributed by atoms with Crippen molar-refractivity contribution in [1.29, 1.82) is 0 Å². The van der Waals surface area contributed by atoms with Crippen molar-refractivity contribution in [2.75, 3.05) is 20.3 Å². The van der Waals surface area contributed by atoms with E-state index in [2.05, 4.69) is 0 Å². The maximum atomic E-state index is 10.4. The van der Waals surface area contributed by atoms with Crippen LogP contribution in [0.1, 0.15) is 13.3 Å². The Morgan fingerprint density at radius 3 is 1.94 bits per heavy atom. The molecule has 3 aliphatic rings. The molecule has 194 valence electrons. The Morgan fingerprint density at radius 2 is 1.33 bits per heavy atom. The fourth-order valence-corrected chi connectivity index (χ4v) is 4.16. The van der Waals surface area contributed by atoms with E-state index in [9.17, 15) is 40.9 Å². The summed E-state index contributed by atoms with van der Waals surface area (Å²) < 4.78 is 32.7. The van der Waals surface area contributed by atoms with Crippen LogP contribution < -0.4 is 0 Å². The molecule has 0 aromatic carbocycles. The monoisotopic (exact) mass is 486 g/mol. The van der Waals surface area contributed by atoms with E-state index in [1.807, 2.05) is 0 Å². The average Bonchev–Trinajstić information content (AvgIpc) is 2.79. The first-order chi connectivity index (χ1) is 15.6. The first-order valence-electron chi connectivity index (χ1n) is 10.7. The molecule has 0 spiro atoms. The van der Waals surface area contributed by atoms with Crippen molar-refractivity contribution in [2.45, 2.75) is 99.4 Å². The van der Waals surface area contributed by atoms with Crippen LogP contribution in [0.25, 0.3) is 0 Å². The summed E-state index contributed by atoms with van der Waals surface area (Å²) in [6.45, 7) is 0.501. The van der Waals surface area contributed by atoms with Gasteiger partial charge in [0.05, 0.1) is 25.4 Å². The summed E-state index contributed by atoms with van der Waals surface area (Å²) in [5.41, 5.74) is 0. The Kier molecular flexibility index (Phi) is 9.38. The zero-order chi connectivity index (χ0) is 24.4. The predicted molar refractivity (Wildman–Crippen MR) is 103 cm³/mol. The fraction of sp³-hybridized carbons (Fsp3) is 1.00. The molecule has 14 nitrogen and oxygen atoms in total. The van der Waals surface area contributed by atoms with Gasteiger partial charge in [0, 0.05) is 13.5 Å². The molecule has 0 bridgehead atoms. The second-order valence-corrected chi connectivity index (χ2v) is 8.45. The lowest BCUT2D eigenvalue weighted by Gasteiger charge is -2.45. The molecule has 0 aliphatic carbocycles. The SMILES string of the molecule is CO[C@H]1CC(O)O[C@@H](C)[C@@H]1O[C@@H]1O[C@H](CO[C@@H]2O[C@H](CO)[C@@H](O)[C@H](O)[C@H]2O)[C@@H](O)[C@H](O)[C@H]1O. The molecule has 3 saturated heterocycles. The predicted octanol–water partition coefficient (Wildman–Crippen LogP) is -4.86. The topological polar surface area (TPSA) is 217 Å². The largest absolute Gasteiger partial charge is 0.394 e. The van der Waals surface area contributed by atoms with Gasteiger partial charge in [-0.05, 0) is 6.92 Å². The number of hydrogen-bond acceptors (Lipinski definition) is 14. The van der Waals surface area contributed by atoms with E-state index >= 15 is 0 Å². The third kappa shape index (κ3) is 5.82. The summed E-state index contributed by atoms with van der Waals surface area (Å²) in [6, 6.07) is 0. The third-order valence-electron chi connectivity index (χ3n) is 6.17. The highest BCUT2D eigenvalue weighted by Gasteiger charge is 2.49. The molecule has 1 unspecified atom stereocenters. The highest BCUT2D eigenvalue weighted by atomic mass is 16.7. The number of methoxy groups -OCH3 is 1. The Morgan fingerprint density at radius 1 is 0.758 bits per heavy atom. The lowest BCUT2D eigenvalue weighted by atomic mass is 9.97. The summed E-state index contributed by atoms with van der Waals surface area (Å²) in [5, 5.41) is 79.8. The Hall–Kier alpha value is -0.560. The summed E-state index contributed by atoms with van der Waals surface area (Å²) >= 11 is 0. The van der Waals surface area contributed by atoms with Crippen LogP contribution in [0.2, 0.25) is 0 Å². The van der Waals surface area contributed by atoms with Crippen molar-refractivity contribution in [3.63, 3.8) is 0 Å². The van der Waals surface area contributed by atoms with Crippen molar-refractivity contribution in [2.24, 2.45) is 0 Å². The fourth-order valence-electron chi connectivity index (χ4n) is 4.16. The average molecular weight is 486 g/mol. The minimum absolute atomic E-state index is 0.100.